The van der Waals surface area contributed by atoms with Crippen LogP contribution in [0.5, 0.6) is 23.0 Å². The molecule has 2 heterocycles. The van der Waals surface area contributed by atoms with Crippen molar-refractivity contribution in [3.8, 4) is 23.0 Å². The van der Waals surface area contributed by atoms with E-state index in [1.165, 1.54) is 23.6 Å². The highest BCUT2D eigenvalue weighted by molar-refractivity contribution is 5.92. The minimum Gasteiger partial charge on any atom is -0.497 e. The van der Waals surface area contributed by atoms with E-state index in [9.17, 15) is 14.4 Å². The fourth-order valence-electron chi connectivity index (χ4n) is 10.5. The van der Waals surface area contributed by atoms with Crippen molar-refractivity contribution in [3.63, 3.8) is 0 Å². The second-order valence-corrected chi connectivity index (χ2v) is 15.3. The van der Waals surface area contributed by atoms with Gasteiger partial charge in [0.15, 0.2) is 17.2 Å². The van der Waals surface area contributed by atoms with Crippen LogP contribution >= 0.6 is 0 Å². The van der Waals surface area contributed by atoms with E-state index in [0.29, 0.717) is 37.2 Å². The molecule has 0 spiro atoms. The number of carbonyl (C=O) groups is 3. The van der Waals surface area contributed by atoms with Crippen LogP contribution in [0.1, 0.15) is 96.3 Å². The molecule has 8 rings (SSSR count). The van der Waals surface area contributed by atoms with E-state index in [-0.39, 0.29) is 40.4 Å². The first-order valence-corrected chi connectivity index (χ1v) is 17.6. The van der Waals surface area contributed by atoms with Gasteiger partial charge in [-0.1, -0.05) is 31.6 Å². The summed E-state index contributed by atoms with van der Waals surface area (Å²) in [6, 6.07) is 11.9. The Hall–Kier alpha value is -4.07. The van der Waals surface area contributed by atoms with Gasteiger partial charge in [-0.25, -0.2) is 0 Å². The van der Waals surface area contributed by atoms with Crippen molar-refractivity contribution in [2.45, 2.75) is 90.8 Å². The van der Waals surface area contributed by atoms with Crippen molar-refractivity contribution < 1.29 is 38.1 Å². The molecule has 8 heteroatoms. The summed E-state index contributed by atoms with van der Waals surface area (Å²) in [6.45, 7) is 10.2. The van der Waals surface area contributed by atoms with Gasteiger partial charge >= 0.3 is 5.97 Å². The minimum atomic E-state index is -0.990. The first-order valence-electron chi connectivity index (χ1n) is 17.6. The molecule has 0 radical (unpaired) electrons. The fraction of sp³-hybridized carbons (Fsp3) is 0.537. The molecule has 49 heavy (non-hydrogen) atoms. The zero-order valence-corrected chi connectivity index (χ0v) is 29.7. The molecule has 0 saturated heterocycles. The molecule has 2 aromatic carbocycles. The van der Waals surface area contributed by atoms with Crippen molar-refractivity contribution in [3.05, 3.63) is 70.8 Å². The molecule has 0 bridgehead atoms. The maximum Gasteiger partial charge on any atom is 0.303 e. The number of rotatable bonds is 4. The van der Waals surface area contributed by atoms with Crippen molar-refractivity contribution in [2.24, 2.45) is 28.6 Å². The van der Waals surface area contributed by atoms with Crippen LogP contribution in [-0.2, 0) is 19.1 Å². The molecule has 2 saturated carbocycles. The van der Waals surface area contributed by atoms with Crippen LogP contribution in [0.3, 0.4) is 0 Å². The quantitative estimate of drug-likeness (QED) is 0.304. The third-order valence-corrected chi connectivity index (χ3v) is 13.0. The van der Waals surface area contributed by atoms with Crippen LogP contribution < -0.4 is 18.9 Å². The smallest absolute Gasteiger partial charge is 0.303 e. The number of carbonyl (C=O) groups excluding carboxylic acids is 3. The molecule has 2 fully saturated rings. The van der Waals surface area contributed by atoms with Crippen molar-refractivity contribution in [1.29, 1.82) is 0 Å². The second kappa shape index (κ2) is 12.1. The summed E-state index contributed by atoms with van der Waals surface area (Å²) < 4.78 is 28.4. The van der Waals surface area contributed by atoms with E-state index in [1.54, 1.807) is 21.1 Å². The standard InChI is InChI=1S/C24H32O4.C17H16O4/c1-14-12-18-19(22(4)9-6-17(27)13-21(14)22)7-10-23(5)20(18)8-11-24(23,15(2)25)28-16(3)26;1-18-10-4-6-13-15(7-10)20-9-14-12-5-3-11(19-2)8-16(12)21-17(13)14/h12-13,18-20H,6-11H2,1-5H3;3-8,14,17H,9H2,1-2H3. The lowest BCUT2D eigenvalue weighted by Gasteiger charge is -2.58. The Bertz CT molecular complexity index is 1770. The first-order chi connectivity index (χ1) is 23.3. The predicted molar refractivity (Wildman–Crippen MR) is 184 cm³/mol. The number of ketones is 2. The molecular weight excluding hydrogens is 620 g/mol. The Balaban J connectivity index is 0.000000160. The highest BCUT2D eigenvalue weighted by Crippen LogP contribution is 2.68. The van der Waals surface area contributed by atoms with Gasteiger partial charge in [-0.3, -0.25) is 14.4 Å². The van der Waals surface area contributed by atoms with Gasteiger partial charge in [0.2, 0.25) is 0 Å². The maximum absolute atomic E-state index is 12.8. The number of allylic oxidation sites excluding steroid dienone is 4. The molecule has 8 nitrogen and oxygen atoms in total. The summed E-state index contributed by atoms with van der Waals surface area (Å²) in [5, 5.41) is 0. The van der Waals surface area contributed by atoms with E-state index in [4.69, 9.17) is 23.7 Å². The van der Waals surface area contributed by atoms with Crippen molar-refractivity contribution in [1.82, 2.24) is 0 Å². The van der Waals surface area contributed by atoms with E-state index in [1.807, 2.05) is 36.4 Å². The summed E-state index contributed by atoms with van der Waals surface area (Å²) in [7, 11) is 3.32. The third-order valence-electron chi connectivity index (χ3n) is 13.0. The molecular formula is C41H48O8. The zero-order valence-electron chi connectivity index (χ0n) is 29.7. The number of Topliss-reactive ketones (excluding diaryl/α,β-unsaturated/α-hetero) is 1. The summed E-state index contributed by atoms with van der Waals surface area (Å²) in [4.78, 5) is 36.8. The summed E-state index contributed by atoms with van der Waals surface area (Å²) in [6.07, 6.45) is 9.20. The maximum atomic E-state index is 12.8. The monoisotopic (exact) mass is 668 g/mol. The number of methoxy groups -OCH3 is 2. The average Bonchev–Trinajstić information content (AvgIpc) is 3.60. The molecule has 4 aliphatic carbocycles. The van der Waals surface area contributed by atoms with E-state index >= 15 is 0 Å². The predicted octanol–water partition coefficient (Wildman–Crippen LogP) is 7.89. The van der Waals surface area contributed by atoms with Crippen LogP contribution in [0.25, 0.3) is 0 Å². The SMILES string of the molecule is CC(=O)OC1(C(C)=O)CCC2C3C=C(C)C4=CC(=O)CCC4(C)C3CCC21C.COc1ccc2c(c1)OC1c3ccc(OC)cc3OCC21. The largest absolute Gasteiger partial charge is 0.497 e. The number of fused-ring (bicyclic) bond motifs is 10. The molecule has 0 amide bonds. The minimum absolute atomic E-state index is 0.00163. The highest BCUT2D eigenvalue weighted by Gasteiger charge is 2.67. The Morgan fingerprint density at radius 2 is 1.55 bits per heavy atom. The van der Waals surface area contributed by atoms with Gasteiger partial charge in [-0.15, -0.1) is 0 Å². The lowest BCUT2D eigenvalue weighted by Crippen LogP contribution is -2.58. The molecule has 6 aliphatic rings. The number of esters is 1. The van der Waals surface area contributed by atoms with E-state index < -0.39 is 5.60 Å². The number of benzene rings is 2. The van der Waals surface area contributed by atoms with Crippen LogP contribution in [0.2, 0.25) is 0 Å². The zero-order chi connectivity index (χ0) is 34.9. The Morgan fingerprint density at radius 1 is 0.878 bits per heavy atom. The van der Waals surface area contributed by atoms with Crippen LogP contribution in [0.15, 0.2) is 59.7 Å². The van der Waals surface area contributed by atoms with Gasteiger partial charge in [0.1, 0.15) is 29.1 Å². The Labute approximate surface area is 289 Å². The first kappa shape index (κ1) is 33.4. The summed E-state index contributed by atoms with van der Waals surface area (Å²) in [5.74, 6) is 4.59. The average molecular weight is 669 g/mol. The molecule has 260 valence electrons. The van der Waals surface area contributed by atoms with Gasteiger partial charge in [0.25, 0.3) is 0 Å². The molecule has 0 N–H and O–H groups in total. The normalized spacial score (nSPS) is 34.7. The lowest BCUT2D eigenvalue weighted by atomic mass is 9.47. The summed E-state index contributed by atoms with van der Waals surface area (Å²) >= 11 is 0. The molecule has 0 aromatic heterocycles. The fourth-order valence-corrected chi connectivity index (χ4v) is 10.5. The van der Waals surface area contributed by atoms with Gasteiger partial charge in [0.05, 0.1) is 26.7 Å². The van der Waals surface area contributed by atoms with Crippen LogP contribution in [0.4, 0.5) is 0 Å². The van der Waals surface area contributed by atoms with Crippen LogP contribution in [0, 0.1) is 28.6 Å². The summed E-state index contributed by atoms with van der Waals surface area (Å²) in [5.41, 5.74) is 3.41. The number of hydrogen-bond acceptors (Lipinski definition) is 8. The Morgan fingerprint density at radius 3 is 2.22 bits per heavy atom. The molecule has 8 unspecified atom stereocenters. The number of ether oxygens (including phenoxy) is 5. The van der Waals surface area contributed by atoms with Crippen LogP contribution in [-0.4, -0.2) is 44.0 Å². The molecule has 2 aliphatic heterocycles. The van der Waals surface area contributed by atoms with Crippen molar-refractivity contribution >= 4 is 17.5 Å². The van der Waals surface area contributed by atoms with Gasteiger partial charge in [0, 0.05) is 42.0 Å². The van der Waals surface area contributed by atoms with Gasteiger partial charge in [-0.2, -0.15) is 0 Å². The van der Waals surface area contributed by atoms with Gasteiger partial charge < -0.3 is 23.7 Å². The Kier molecular flexibility index (Phi) is 8.23. The highest BCUT2D eigenvalue weighted by atomic mass is 16.6. The topological polar surface area (TPSA) is 97.4 Å². The van der Waals surface area contributed by atoms with Crippen molar-refractivity contribution in [2.75, 3.05) is 20.8 Å². The lowest BCUT2D eigenvalue weighted by molar-refractivity contribution is -0.185. The number of hydrogen-bond donors (Lipinski definition) is 0. The second-order valence-electron chi connectivity index (χ2n) is 15.3. The van der Waals surface area contributed by atoms with Gasteiger partial charge in [-0.05, 0) is 99.0 Å². The molecule has 2 aromatic rings. The van der Waals surface area contributed by atoms with E-state index in [2.05, 4.69) is 32.9 Å². The van der Waals surface area contributed by atoms with E-state index in [0.717, 1.165) is 54.2 Å². The third kappa shape index (κ3) is 5.11. The molecule has 8 atom stereocenters.